The van der Waals surface area contributed by atoms with Crippen LogP contribution in [0.15, 0.2) is 16.6 Å². The zero-order chi connectivity index (χ0) is 11.7. The molecule has 0 heterocycles. The molecule has 88 valence electrons. The normalized spacial score (nSPS) is 17.5. The lowest BCUT2D eigenvalue weighted by Crippen LogP contribution is -2.23. The molecule has 0 amide bonds. The van der Waals surface area contributed by atoms with E-state index in [0.717, 1.165) is 6.54 Å². The summed E-state index contributed by atoms with van der Waals surface area (Å²) in [5, 5.41) is 3.90. The van der Waals surface area contributed by atoms with Crippen LogP contribution in [0.1, 0.15) is 31.4 Å². The van der Waals surface area contributed by atoms with Crippen molar-refractivity contribution in [1.29, 1.82) is 0 Å². The van der Waals surface area contributed by atoms with Crippen molar-refractivity contribution < 1.29 is 4.39 Å². The number of nitrogens with one attached hydrogen (secondary N) is 1. The van der Waals surface area contributed by atoms with Crippen molar-refractivity contribution in [1.82, 2.24) is 5.32 Å². The largest absolute Gasteiger partial charge is 0.310 e. The first-order valence-corrected chi connectivity index (χ1v) is 6.68. The highest BCUT2D eigenvalue weighted by Crippen LogP contribution is 2.42. The molecule has 2 rings (SSSR count). The van der Waals surface area contributed by atoms with Crippen molar-refractivity contribution >= 4 is 27.5 Å². The molecule has 16 heavy (non-hydrogen) atoms. The van der Waals surface area contributed by atoms with Gasteiger partial charge in [0.15, 0.2) is 0 Å². The van der Waals surface area contributed by atoms with Gasteiger partial charge in [-0.1, -0.05) is 18.5 Å². The highest BCUT2D eigenvalue weighted by Gasteiger charge is 2.33. The van der Waals surface area contributed by atoms with Gasteiger partial charge in [-0.2, -0.15) is 0 Å². The summed E-state index contributed by atoms with van der Waals surface area (Å²) in [6.45, 7) is 2.88. The minimum atomic E-state index is -0.186. The van der Waals surface area contributed by atoms with Crippen molar-refractivity contribution in [2.24, 2.45) is 5.92 Å². The fourth-order valence-electron chi connectivity index (χ4n) is 1.96. The first kappa shape index (κ1) is 12.3. The number of hydrogen-bond donors (Lipinski definition) is 1. The Morgan fingerprint density at radius 2 is 2.25 bits per heavy atom. The average molecular weight is 307 g/mol. The fourth-order valence-corrected chi connectivity index (χ4v) is 2.44. The number of hydrogen-bond acceptors (Lipinski definition) is 1. The number of benzene rings is 1. The van der Waals surface area contributed by atoms with E-state index in [1.165, 1.54) is 18.9 Å². The van der Waals surface area contributed by atoms with Gasteiger partial charge in [0.25, 0.3) is 0 Å². The third kappa shape index (κ3) is 2.58. The summed E-state index contributed by atoms with van der Waals surface area (Å²) in [5.74, 6) is 0.376. The molecule has 1 aromatic rings. The Balaban J connectivity index is 2.32. The molecule has 1 aliphatic carbocycles. The molecule has 0 spiro atoms. The second-order valence-electron chi connectivity index (χ2n) is 4.16. The van der Waals surface area contributed by atoms with Gasteiger partial charge in [0, 0.05) is 16.1 Å². The van der Waals surface area contributed by atoms with Gasteiger partial charge in [-0.15, -0.1) is 0 Å². The summed E-state index contributed by atoms with van der Waals surface area (Å²) in [6.07, 6.45) is 2.34. The quantitative estimate of drug-likeness (QED) is 0.818. The second-order valence-corrected chi connectivity index (χ2v) is 5.42. The van der Waals surface area contributed by atoms with Gasteiger partial charge in [0.05, 0.1) is 5.02 Å². The molecule has 1 saturated carbocycles. The fraction of sp³-hybridized carbons (Fsp3) is 0.500. The van der Waals surface area contributed by atoms with E-state index in [1.807, 2.05) is 6.92 Å². The zero-order valence-corrected chi connectivity index (χ0v) is 11.4. The molecule has 1 aliphatic rings. The lowest BCUT2D eigenvalue weighted by atomic mass is 10.0. The molecule has 4 heteroatoms. The monoisotopic (exact) mass is 305 g/mol. The van der Waals surface area contributed by atoms with Crippen LogP contribution in [0.4, 0.5) is 4.39 Å². The Hall–Kier alpha value is -0.120. The predicted octanol–water partition coefficient (Wildman–Crippen LogP) is 4.30. The van der Waals surface area contributed by atoms with E-state index in [2.05, 4.69) is 21.2 Å². The smallest absolute Gasteiger partial charge is 0.129 e. The first-order chi connectivity index (χ1) is 7.63. The van der Waals surface area contributed by atoms with E-state index >= 15 is 0 Å². The van der Waals surface area contributed by atoms with E-state index in [0.29, 0.717) is 21.0 Å². The van der Waals surface area contributed by atoms with Crippen LogP contribution in [-0.2, 0) is 0 Å². The van der Waals surface area contributed by atoms with Gasteiger partial charge < -0.3 is 5.32 Å². The van der Waals surface area contributed by atoms with Crippen LogP contribution in [0.2, 0.25) is 5.02 Å². The van der Waals surface area contributed by atoms with Crippen LogP contribution in [0.5, 0.6) is 0 Å². The summed E-state index contributed by atoms with van der Waals surface area (Å²) in [4.78, 5) is 0. The van der Waals surface area contributed by atoms with Gasteiger partial charge in [0.1, 0.15) is 5.82 Å². The molecular weight excluding hydrogens is 292 g/mol. The van der Waals surface area contributed by atoms with Crippen LogP contribution in [-0.4, -0.2) is 6.54 Å². The molecule has 1 fully saturated rings. The summed E-state index contributed by atoms with van der Waals surface area (Å²) in [7, 11) is 0. The second kappa shape index (κ2) is 5.03. The molecule has 0 aromatic heterocycles. The molecule has 1 N–H and O–H groups in total. The Bertz CT molecular complexity index is 393. The number of halogens is 3. The summed E-state index contributed by atoms with van der Waals surface area (Å²) in [6, 6.07) is 3.28. The molecule has 1 atom stereocenters. The maximum atomic E-state index is 13.9. The third-order valence-corrected chi connectivity index (χ3v) is 4.09. The third-order valence-electron chi connectivity index (χ3n) is 2.89. The predicted molar refractivity (Wildman–Crippen MR) is 68.3 cm³/mol. The molecule has 1 aromatic carbocycles. The number of rotatable bonds is 4. The molecule has 1 nitrogen and oxygen atoms in total. The van der Waals surface area contributed by atoms with E-state index in [1.54, 1.807) is 6.07 Å². The van der Waals surface area contributed by atoms with Crippen molar-refractivity contribution in [3.05, 3.63) is 33.0 Å². The van der Waals surface area contributed by atoms with Gasteiger partial charge in [0.2, 0.25) is 0 Å². The van der Waals surface area contributed by atoms with E-state index in [4.69, 9.17) is 11.6 Å². The van der Waals surface area contributed by atoms with Crippen LogP contribution in [0, 0.1) is 11.7 Å². The highest BCUT2D eigenvalue weighted by atomic mass is 79.9. The first-order valence-electron chi connectivity index (χ1n) is 5.51. The van der Waals surface area contributed by atoms with Crippen LogP contribution in [0.3, 0.4) is 0 Å². The SMILES string of the molecule is CCNC(c1cc(Cl)c(Br)cc1F)C1CC1. The van der Waals surface area contributed by atoms with Crippen molar-refractivity contribution in [2.75, 3.05) is 6.54 Å². The molecule has 0 radical (unpaired) electrons. The standard InChI is InChI=1S/C12H14BrClFN/c1-2-16-12(7-3-4-7)8-5-10(14)9(13)6-11(8)15/h5-7,12,16H,2-4H2,1H3. The topological polar surface area (TPSA) is 12.0 Å². The lowest BCUT2D eigenvalue weighted by molar-refractivity contribution is 0.468. The van der Waals surface area contributed by atoms with Gasteiger partial charge in [-0.25, -0.2) is 4.39 Å². The highest BCUT2D eigenvalue weighted by molar-refractivity contribution is 9.10. The Kier molecular flexibility index (Phi) is 3.88. The molecule has 0 aliphatic heterocycles. The Labute approximate surface area is 109 Å². The van der Waals surface area contributed by atoms with Crippen LogP contribution < -0.4 is 5.32 Å². The van der Waals surface area contributed by atoms with Crippen LogP contribution in [0.25, 0.3) is 0 Å². The molecule has 0 bridgehead atoms. The van der Waals surface area contributed by atoms with Gasteiger partial charge in [-0.05, 0) is 53.4 Å². The Morgan fingerprint density at radius 1 is 1.56 bits per heavy atom. The lowest BCUT2D eigenvalue weighted by Gasteiger charge is -2.19. The molecule has 1 unspecified atom stereocenters. The summed E-state index contributed by atoms with van der Waals surface area (Å²) in [5.41, 5.74) is 0.692. The maximum absolute atomic E-state index is 13.9. The maximum Gasteiger partial charge on any atom is 0.129 e. The van der Waals surface area contributed by atoms with Crippen LogP contribution >= 0.6 is 27.5 Å². The molecular formula is C12H14BrClFN. The molecule has 0 saturated heterocycles. The van der Waals surface area contributed by atoms with Crippen molar-refractivity contribution in [2.45, 2.75) is 25.8 Å². The summed E-state index contributed by atoms with van der Waals surface area (Å²) < 4.78 is 14.5. The van der Waals surface area contributed by atoms with E-state index < -0.39 is 0 Å². The van der Waals surface area contributed by atoms with E-state index in [-0.39, 0.29) is 11.9 Å². The van der Waals surface area contributed by atoms with Gasteiger partial charge >= 0.3 is 0 Å². The summed E-state index contributed by atoms with van der Waals surface area (Å²) >= 11 is 9.24. The minimum absolute atomic E-state index is 0.107. The average Bonchev–Trinajstić information content (AvgIpc) is 3.04. The van der Waals surface area contributed by atoms with E-state index in [9.17, 15) is 4.39 Å². The van der Waals surface area contributed by atoms with Gasteiger partial charge in [-0.3, -0.25) is 0 Å². The zero-order valence-electron chi connectivity index (χ0n) is 9.06. The minimum Gasteiger partial charge on any atom is -0.310 e. The Morgan fingerprint density at radius 3 is 2.81 bits per heavy atom. The van der Waals surface area contributed by atoms with Crippen molar-refractivity contribution in [3.63, 3.8) is 0 Å². The van der Waals surface area contributed by atoms with Crippen molar-refractivity contribution in [3.8, 4) is 0 Å².